The summed E-state index contributed by atoms with van der Waals surface area (Å²) in [7, 11) is 14.0. The Balaban J connectivity index is 1.47. The Labute approximate surface area is 284 Å². The molecule has 0 saturated heterocycles. The minimum Gasteiger partial charge on any atom is -0.175 e. The molecule has 5 aliphatic carbocycles. The van der Waals surface area contributed by atoms with Crippen LogP contribution >= 0.6 is 12.6 Å². The first-order valence-electron chi connectivity index (χ1n) is 20.3. The van der Waals surface area contributed by atoms with Crippen LogP contribution in [0.4, 0.5) is 0 Å². The summed E-state index contributed by atoms with van der Waals surface area (Å²) >= 11 is 5.62. The van der Waals surface area contributed by atoms with E-state index in [2.05, 4.69) is 41.5 Å². The van der Waals surface area contributed by atoms with E-state index in [1.165, 1.54) is 109 Å². The van der Waals surface area contributed by atoms with E-state index >= 15 is 0 Å². The van der Waals surface area contributed by atoms with Crippen LogP contribution in [0.2, 0.25) is 12.1 Å². The molecule has 5 rings (SSSR count). The van der Waals surface area contributed by atoms with E-state index in [0.717, 1.165) is 65.5 Å². The van der Waals surface area contributed by atoms with Crippen LogP contribution < -0.4 is 0 Å². The molecule has 5 saturated carbocycles. The molecule has 2 bridgehead atoms. The fraction of sp³-hybridized carbons (Fsp3) is 1.00. The number of hydrogen-bond donors (Lipinski definition) is 1. The van der Waals surface area contributed by atoms with Crippen molar-refractivity contribution in [2.45, 2.75) is 168 Å². The van der Waals surface area contributed by atoms with E-state index in [4.69, 9.17) is 28.3 Å². The Bertz CT molecular complexity index is 854. The quantitative estimate of drug-likeness (QED) is 0.203. The van der Waals surface area contributed by atoms with Gasteiger partial charge in [0, 0.05) is 5.25 Å². The molecule has 5 fully saturated rings. The third kappa shape index (κ3) is 7.69. The van der Waals surface area contributed by atoms with Crippen molar-refractivity contribution in [1.29, 1.82) is 0 Å². The Morgan fingerprint density at radius 3 is 2.14 bits per heavy atom. The van der Waals surface area contributed by atoms with Crippen molar-refractivity contribution in [1.82, 2.24) is 0 Å². The summed E-state index contributed by atoms with van der Waals surface area (Å²) in [4.78, 5) is 0. The minimum atomic E-state index is 0.289. The highest BCUT2D eigenvalue weighted by atomic mass is 32.1. The Morgan fingerprint density at radius 1 is 0.750 bits per heavy atom. The first-order chi connectivity index (χ1) is 21.2. The molecule has 0 heterocycles. The lowest BCUT2D eigenvalue weighted by Gasteiger charge is -2.44. The predicted molar refractivity (Wildman–Crippen MR) is 198 cm³/mol. The predicted octanol–water partition coefficient (Wildman–Crippen LogP) is 11.9. The lowest BCUT2D eigenvalue weighted by atomic mass is 9.59. The maximum atomic E-state index is 7.69. The molecule has 0 aromatic carbocycles. The summed E-state index contributed by atoms with van der Waals surface area (Å²) in [6, 6.07) is 0. The molecule has 0 spiro atoms. The zero-order chi connectivity index (χ0) is 31.5. The Kier molecular flexibility index (Phi) is 13.2. The molecule has 0 N–H and O–H groups in total. The van der Waals surface area contributed by atoms with Crippen molar-refractivity contribution in [3.8, 4) is 0 Å². The van der Waals surface area contributed by atoms with Crippen LogP contribution in [0.15, 0.2) is 0 Å². The maximum absolute atomic E-state index is 7.69. The van der Waals surface area contributed by atoms with E-state index in [0.29, 0.717) is 34.8 Å². The highest BCUT2D eigenvalue weighted by molar-refractivity contribution is 7.81. The summed E-state index contributed by atoms with van der Waals surface area (Å²) in [5.74, 6) is 12.5. The van der Waals surface area contributed by atoms with Crippen LogP contribution in [0.25, 0.3) is 0 Å². The van der Waals surface area contributed by atoms with Crippen molar-refractivity contribution in [2.75, 3.05) is 0 Å². The van der Waals surface area contributed by atoms with Crippen LogP contribution in [-0.2, 0) is 0 Å². The van der Waals surface area contributed by atoms with Gasteiger partial charge in [0.05, 0.1) is 15.7 Å². The largest absolute Gasteiger partial charge is 0.175 e. The van der Waals surface area contributed by atoms with Gasteiger partial charge in [-0.15, -0.1) is 0 Å². The van der Waals surface area contributed by atoms with Crippen LogP contribution in [0.3, 0.4) is 0 Å². The molecule has 248 valence electrons. The van der Waals surface area contributed by atoms with E-state index in [1.807, 2.05) is 0 Å². The molecular formula is C41H72B2S. The van der Waals surface area contributed by atoms with Crippen LogP contribution in [0.1, 0.15) is 151 Å². The van der Waals surface area contributed by atoms with Gasteiger partial charge in [-0.25, -0.2) is 0 Å². The summed E-state index contributed by atoms with van der Waals surface area (Å²) in [6.07, 6.45) is 25.1. The molecule has 0 nitrogen and oxygen atoms in total. The molecule has 15 unspecified atom stereocenters. The highest BCUT2D eigenvalue weighted by Crippen LogP contribution is 2.60. The van der Waals surface area contributed by atoms with Crippen LogP contribution in [-0.4, -0.2) is 20.9 Å². The molecule has 0 aliphatic heterocycles. The second kappa shape index (κ2) is 16.3. The molecule has 0 aromatic rings. The summed E-state index contributed by atoms with van der Waals surface area (Å²) in [5.41, 5.74) is 0. The van der Waals surface area contributed by atoms with Crippen LogP contribution in [0.5, 0.6) is 0 Å². The first kappa shape index (κ1) is 35.8. The van der Waals surface area contributed by atoms with Gasteiger partial charge in [-0.2, -0.15) is 12.6 Å². The normalized spacial score (nSPS) is 45.5. The maximum Gasteiger partial charge on any atom is 0.0707 e. The molecule has 44 heavy (non-hydrogen) atoms. The van der Waals surface area contributed by atoms with Crippen molar-refractivity contribution in [2.24, 2.45) is 88.8 Å². The van der Waals surface area contributed by atoms with Gasteiger partial charge < -0.3 is 0 Å². The van der Waals surface area contributed by atoms with Crippen molar-refractivity contribution in [3.63, 3.8) is 0 Å². The van der Waals surface area contributed by atoms with Gasteiger partial charge in [-0.1, -0.05) is 118 Å². The summed E-state index contributed by atoms with van der Waals surface area (Å²) in [6.45, 7) is 15.2. The zero-order valence-corrected chi connectivity index (χ0v) is 31.0. The van der Waals surface area contributed by atoms with E-state index in [9.17, 15) is 0 Å². The molecule has 0 aromatic heterocycles. The molecule has 0 amide bonds. The van der Waals surface area contributed by atoms with Gasteiger partial charge in [-0.3, -0.25) is 0 Å². The number of fused-ring (bicyclic) bond motifs is 5. The smallest absolute Gasteiger partial charge is 0.0707 e. The minimum absolute atomic E-state index is 0.289. The standard InChI is InChI=1S/C41H72B2S/c1-7-26(4)21-32-23-31-22-30-15-11-16-34(27(5)29-13-9-8-10-14-29)39(30)36(31)18-12-17-35-28(6)33(19-20-42)37(25(2)3)24-38(40(32)43)41(35)44/h25-41,44H,7-24H2,1-6H3. The molecular weight excluding hydrogens is 546 g/mol. The summed E-state index contributed by atoms with van der Waals surface area (Å²) in [5, 5.41) is 0.433. The van der Waals surface area contributed by atoms with E-state index < -0.39 is 0 Å². The molecule has 3 heteroatoms. The SMILES string of the molecule is [B]CCC1C(C)C2CCCC3C(CC(CC(C)CC)C([B])C(CC1C(C)C)C2S)CC1CCCC(C(C)C2CCCCC2)C13. The summed E-state index contributed by atoms with van der Waals surface area (Å²) < 4.78 is 0. The highest BCUT2D eigenvalue weighted by Gasteiger charge is 2.52. The van der Waals surface area contributed by atoms with Crippen molar-refractivity contribution in [3.05, 3.63) is 0 Å². The second-order valence-electron chi connectivity index (χ2n) is 18.2. The molecule has 15 atom stereocenters. The average Bonchev–Trinajstić information content (AvgIpc) is 3.32. The Hall–Kier alpha value is 0.480. The first-order valence-corrected chi connectivity index (χ1v) is 20.8. The lowest BCUT2D eigenvalue weighted by molar-refractivity contribution is 0.0490. The molecule has 5 aliphatic rings. The fourth-order valence-corrected chi connectivity index (χ4v) is 13.9. The van der Waals surface area contributed by atoms with Crippen molar-refractivity contribution >= 4 is 28.3 Å². The molecule has 4 radical (unpaired) electrons. The second-order valence-corrected chi connectivity index (χ2v) is 18.8. The number of thiol groups is 1. The van der Waals surface area contributed by atoms with Gasteiger partial charge in [0.25, 0.3) is 0 Å². The topological polar surface area (TPSA) is 0 Å². The third-order valence-electron chi connectivity index (χ3n) is 15.7. The van der Waals surface area contributed by atoms with Gasteiger partial charge in [0.1, 0.15) is 0 Å². The average molecular weight is 619 g/mol. The number of hydrogen-bond acceptors (Lipinski definition) is 1. The van der Waals surface area contributed by atoms with Gasteiger partial charge in [0.15, 0.2) is 0 Å². The van der Waals surface area contributed by atoms with Gasteiger partial charge in [-0.05, 0) is 134 Å². The Morgan fingerprint density at radius 2 is 1.45 bits per heavy atom. The fourth-order valence-electron chi connectivity index (χ4n) is 13.1. The van der Waals surface area contributed by atoms with Crippen molar-refractivity contribution < 1.29 is 0 Å². The lowest BCUT2D eigenvalue weighted by Crippen LogP contribution is -2.37. The monoisotopic (exact) mass is 619 g/mol. The number of rotatable bonds is 8. The van der Waals surface area contributed by atoms with E-state index in [-0.39, 0.29) is 5.82 Å². The van der Waals surface area contributed by atoms with Gasteiger partial charge in [0.2, 0.25) is 0 Å². The van der Waals surface area contributed by atoms with E-state index in [1.54, 1.807) is 0 Å². The third-order valence-corrected chi connectivity index (χ3v) is 16.5. The van der Waals surface area contributed by atoms with Gasteiger partial charge >= 0.3 is 0 Å². The zero-order valence-electron chi connectivity index (χ0n) is 30.1. The van der Waals surface area contributed by atoms with Crippen LogP contribution in [0, 0.1) is 88.8 Å².